The van der Waals surface area contributed by atoms with E-state index in [2.05, 4.69) is 10.3 Å². The smallest absolute Gasteiger partial charge is 0.404 e. The summed E-state index contributed by atoms with van der Waals surface area (Å²) in [4.78, 5) is 14.2. The highest BCUT2D eigenvalue weighted by molar-refractivity contribution is 7.99. The lowest BCUT2D eigenvalue weighted by atomic mass is 10.7. The number of aromatic nitrogens is 2. The van der Waals surface area contributed by atoms with Crippen LogP contribution < -0.4 is 5.32 Å². The first-order valence-corrected chi connectivity index (χ1v) is 4.75. The molecule has 5 nitrogen and oxygen atoms in total. The van der Waals surface area contributed by atoms with Gasteiger partial charge in [0.05, 0.1) is 0 Å². The first-order chi connectivity index (χ1) is 6.20. The van der Waals surface area contributed by atoms with Crippen LogP contribution in [0.2, 0.25) is 0 Å². The van der Waals surface area contributed by atoms with E-state index in [1.807, 2.05) is 17.8 Å². The zero-order valence-corrected chi connectivity index (χ0v) is 8.04. The Hall–Kier alpha value is -1.17. The largest absolute Gasteiger partial charge is 0.465 e. The van der Waals surface area contributed by atoms with Gasteiger partial charge in [0.2, 0.25) is 0 Å². The van der Waals surface area contributed by atoms with E-state index in [-0.39, 0.29) is 0 Å². The first kappa shape index (κ1) is 9.91. The van der Waals surface area contributed by atoms with Crippen LogP contribution in [0.4, 0.5) is 4.79 Å². The number of nitrogens with one attached hydrogen (secondary N) is 1. The molecule has 72 valence electrons. The maximum Gasteiger partial charge on any atom is 0.404 e. The van der Waals surface area contributed by atoms with Crippen LogP contribution in [0.5, 0.6) is 0 Å². The quantitative estimate of drug-likeness (QED) is 0.558. The Kier molecular flexibility index (Phi) is 3.63. The summed E-state index contributed by atoms with van der Waals surface area (Å²) in [6.07, 6.45) is 2.58. The van der Waals surface area contributed by atoms with Crippen molar-refractivity contribution in [2.24, 2.45) is 7.05 Å². The van der Waals surface area contributed by atoms with E-state index < -0.39 is 6.09 Å². The fraction of sp³-hybridized carbons (Fsp3) is 0.429. The summed E-state index contributed by atoms with van der Waals surface area (Å²) in [7, 11) is 1.90. The van der Waals surface area contributed by atoms with Crippen molar-refractivity contribution in [2.45, 2.75) is 5.16 Å². The van der Waals surface area contributed by atoms with E-state index in [9.17, 15) is 4.79 Å². The van der Waals surface area contributed by atoms with Crippen LogP contribution in [-0.2, 0) is 7.05 Å². The molecule has 6 heteroatoms. The number of nitrogens with zero attached hydrogens (tertiary/aromatic N) is 2. The highest BCUT2D eigenvalue weighted by Crippen LogP contribution is 2.12. The van der Waals surface area contributed by atoms with Crippen LogP contribution in [0, 0.1) is 0 Å². The summed E-state index contributed by atoms with van der Waals surface area (Å²) in [5.74, 6) is 0.692. The monoisotopic (exact) mass is 201 g/mol. The highest BCUT2D eigenvalue weighted by atomic mass is 32.2. The summed E-state index contributed by atoms with van der Waals surface area (Å²) in [6, 6.07) is 0. The Labute approximate surface area is 80.2 Å². The van der Waals surface area contributed by atoms with Gasteiger partial charge in [-0.25, -0.2) is 9.78 Å². The number of carbonyl (C=O) groups is 1. The standard InChI is InChI=1S/C7H11N3O2S/c1-10-4-2-8-6(10)13-5-3-9-7(11)12/h2,4,9H,3,5H2,1H3,(H,11,12). The summed E-state index contributed by atoms with van der Waals surface area (Å²) in [5.41, 5.74) is 0. The van der Waals surface area contributed by atoms with E-state index >= 15 is 0 Å². The lowest BCUT2D eigenvalue weighted by Crippen LogP contribution is -2.23. The molecule has 1 aromatic rings. The maximum absolute atomic E-state index is 10.1. The van der Waals surface area contributed by atoms with Crippen LogP contribution >= 0.6 is 11.8 Å². The Morgan fingerprint density at radius 1 is 1.85 bits per heavy atom. The molecule has 13 heavy (non-hydrogen) atoms. The molecule has 1 aromatic heterocycles. The average Bonchev–Trinajstić information content (AvgIpc) is 2.45. The molecule has 0 aliphatic heterocycles. The van der Waals surface area contributed by atoms with Gasteiger partial charge in [-0.15, -0.1) is 0 Å². The topological polar surface area (TPSA) is 67.2 Å². The van der Waals surface area contributed by atoms with Gasteiger partial charge < -0.3 is 15.0 Å². The minimum Gasteiger partial charge on any atom is -0.465 e. The third-order valence-corrected chi connectivity index (χ3v) is 2.45. The lowest BCUT2D eigenvalue weighted by Gasteiger charge is -2.01. The molecule has 1 amide bonds. The minimum atomic E-state index is -0.986. The number of hydrogen-bond acceptors (Lipinski definition) is 3. The van der Waals surface area contributed by atoms with Gasteiger partial charge in [-0.1, -0.05) is 11.8 Å². The number of aryl methyl sites for hydroxylation is 1. The van der Waals surface area contributed by atoms with Crippen molar-refractivity contribution in [1.29, 1.82) is 0 Å². The summed E-state index contributed by atoms with van der Waals surface area (Å²) in [6.45, 7) is 0.437. The summed E-state index contributed by atoms with van der Waals surface area (Å²) >= 11 is 1.52. The summed E-state index contributed by atoms with van der Waals surface area (Å²) < 4.78 is 1.89. The number of hydrogen-bond donors (Lipinski definition) is 2. The van der Waals surface area contributed by atoms with Gasteiger partial charge in [0, 0.05) is 31.7 Å². The van der Waals surface area contributed by atoms with Crippen LogP contribution in [0.25, 0.3) is 0 Å². The van der Waals surface area contributed by atoms with Gasteiger partial charge in [-0.2, -0.15) is 0 Å². The van der Waals surface area contributed by atoms with Crippen molar-refractivity contribution in [3.05, 3.63) is 12.4 Å². The normalized spacial score (nSPS) is 9.92. The molecule has 0 bridgehead atoms. The number of amides is 1. The van der Waals surface area contributed by atoms with Crippen molar-refractivity contribution in [3.8, 4) is 0 Å². The predicted molar refractivity (Wildman–Crippen MR) is 50.0 cm³/mol. The second-order valence-electron chi connectivity index (χ2n) is 2.40. The summed E-state index contributed by atoms with van der Waals surface area (Å²) in [5, 5.41) is 11.5. The fourth-order valence-corrected chi connectivity index (χ4v) is 1.58. The van der Waals surface area contributed by atoms with E-state index in [0.717, 1.165) is 5.16 Å². The average molecular weight is 201 g/mol. The molecule has 0 fully saturated rings. The lowest BCUT2D eigenvalue weighted by molar-refractivity contribution is 0.195. The van der Waals surface area contributed by atoms with E-state index in [0.29, 0.717) is 12.3 Å². The van der Waals surface area contributed by atoms with Gasteiger partial charge in [-0.3, -0.25) is 0 Å². The Morgan fingerprint density at radius 2 is 2.62 bits per heavy atom. The van der Waals surface area contributed by atoms with E-state index in [1.165, 1.54) is 11.8 Å². The molecule has 0 saturated carbocycles. The molecule has 0 atom stereocenters. The van der Waals surface area contributed by atoms with Crippen molar-refractivity contribution in [1.82, 2.24) is 14.9 Å². The number of carboxylic acid groups (broad SMARTS) is 1. The second-order valence-corrected chi connectivity index (χ2v) is 3.46. The van der Waals surface area contributed by atoms with Crippen LogP contribution in [-0.4, -0.2) is 33.0 Å². The Morgan fingerprint density at radius 3 is 3.15 bits per heavy atom. The molecule has 0 saturated heterocycles. The fourth-order valence-electron chi connectivity index (χ4n) is 0.791. The number of rotatable bonds is 4. The number of thioether (sulfide) groups is 1. The molecule has 0 unspecified atom stereocenters. The van der Waals surface area contributed by atoms with Gasteiger partial charge in [0.1, 0.15) is 0 Å². The van der Waals surface area contributed by atoms with Crippen LogP contribution in [0.3, 0.4) is 0 Å². The molecule has 1 rings (SSSR count). The molecule has 0 aliphatic rings. The molecule has 1 heterocycles. The molecule has 0 radical (unpaired) electrons. The van der Waals surface area contributed by atoms with Crippen molar-refractivity contribution < 1.29 is 9.90 Å². The zero-order valence-electron chi connectivity index (χ0n) is 7.23. The van der Waals surface area contributed by atoms with Crippen molar-refractivity contribution in [3.63, 3.8) is 0 Å². The third kappa shape index (κ3) is 3.37. The Bertz CT molecular complexity index is 287. The zero-order chi connectivity index (χ0) is 9.68. The first-order valence-electron chi connectivity index (χ1n) is 3.77. The maximum atomic E-state index is 10.1. The second kappa shape index (κ2) is 4.76. The Balaban J connectivity index is 2.20. The molecule has 0 spiro atoms. The molecule has 0 aliphatic carbocycles. The van der Waals surface area contributed by atoms with Gasteiger partial charge in [-0.05, 0) is 0 Å². The third-order valence-electron chi connectivity index (χ3n) is 1.39. The van der Waals surface area contributed by atoms with Crippen molar-refractivity contribution >= 4 is 17.9 Å². The van der Waals surface area contributed by atoms with E-state index in [4.69, 9.17) is 5.11 Å². The van der Waals surface area contributed by atoms with Crippen LogP contribution in [0.1, 0.15) is 0 Å². The van der Waals surface area contributed by atoms with Crippen LogP contribution in [0.15, 0.2) is 17.6 Å². The van der Waals surface area contributed by atoms with Crippen molar-refractivity contribution in [2.75, 3.05) is 12.3 Å². The van der Waals surface area contributed by atoms with E-state index in [1.54, 1.807) is 6.20 Å². The predicted octanol–water partition coefficient (Wildman–Crippen LogP) is 0.780. The van der Waals surface area contributed by atoms with Gasteiger partial charge in [0.25, 0.3) is 0 Å². The molecule has 0 aromatic carbocycles. The van der Waals surface area contributed by atoms with Gasteiger partial charge >= 0.3 is 6.09 Å². The molecule has 2 N–H and O–H groups in total. The van der Waals surface area contributed by atoms with Gasteiger partial charge in [0.15, 0.2) is 5.16 Å². The molecular formula is C7H11N3O2S. The number of imidazole rings is 1. The minimum absolute atomic E-state index is 0.437. The molecular weight excluding hydrogens is 190 g/mol. The SMILES string of the molecule is Cn1ccnc1SCCNC(=O)O. The highest BCUT2D eigenvalue weighted by Gasteiger charge is 1.99.